The fourth-order valence-corrected chi connectivity index (χ4v) is 1.87. The normalized spacial score (nSPS) is 10.5. The van der Waals surface area contributed by atoms with Crippen LogP contribution >= 0.6 is 39.1 Å². The number of aryl methyl sites for hydroxylation is 1. The molecule has 2 rings (SSSR count). The smallest absolute Gasteiger partial charge is 0.320 e. The average Bonchev–Trinajstić information content (AvgIpc) is 2.72. The van der Waals surface area contributed by atoms with Gasteiger partial charge in [-0.25, -0.2) is 0 Å². The van der Waals surface area contributed by atoms with Gasteiger partial charge in [-0.2, -0.15) is 0 Å². The van der Waals surface area contributed by atoms with E-state index in [0.717, 1.165) is 10.2 Å². The van der Waals surface area contributed by atoms with Crippen LogP contribution < -0.4 is 5.32 Å². The fourth-order valence-electron chi connectivity index (χ4n) is 1.19. The van der Waals surface area contributed by atoms with Gasteiger partial charge in [-0.1, -0.05) is 16.7 Å². The van der Waals surface area contributed by atoms with Gasteiger partial charge in [0.05, 0.1) is 5.69 Å². The van der Waals surface area contributed by atoms with Crippen molar-refractivity contribution in [2.75, 3.05) is 11.2 Å². The Hall–Kier alpha value is -0.780. The second-order valence-corrected chi connectivity index (χ2v) is 4.86. The van der Waals surface area contributed by atoms with E-state index in [1.165, 1.54) is 0 Å². The zero-order valence-electron chi connectivity index (χ0n) is 8.58. The van der Waals surface area contributed by atoms with E-state index in [2.05, 4.69) is 31.4 Å². The third kappa shape index (κ3) is 3.34. The predicted molar refractivity (Wildman–Crippen MR) is 71.2 cm³/mol. The second kappa shape index (κ2) is 5.71. The molecule has 0 unspecified atom stereocenters. The van der Waals surface area contributed by atoms with E-state index < -0.39 is 0 Å². The Morgan fingerprint density at radius 1 is 1.35 bits per heavy atom. The van der Waals surface area contributed by atoms with Crippen molar-refractivity contribution >= 4 is 50.8 Å². The average molecular weight is 337 g/mol. The molecule has 1 aromatic carbocycles. The maximum absolute atomic E-state index is 5.89. The summed E-state index contributed by atoms with van der Waals surface area (Å²) in [6.45, 7) is 0. The molecule has 7 heteroatoms. The van der Waals surface area contributed by atoms with E-state index in [1.54, 1.807) is 12.1 Å². The SMILES string of the molecule is ClCCc1nnc(Nc2cc(Cl)ccc2Br)o1. The molecule has 1 N–H and O–H groups in total. The number of anilines is 2. The van der Waals surface area contributed by atoms with Gasteiger partial charge in [0.25, 0.3) is 0 Å². The van der Waals surface area contributed by atoms with Gasteiger partial charge in [0.1, 0.15) is 0 Å². The lowest BCUT2D eigenvalue weighted by Crippen LogP contribution is -1.91. The molecule has 0 spiro atoms. The van der Waals surface area contributed by atoms with Crippen LogP contribution in [0.5, 0.6) is 0 Å². The van der Waals surface area contributed by atoms with Crippen LogP contribution in [0.3, 0.4) is 0 Å². The summed E-state index contributed by atoms with van der Waals surface area (Å²) >= 11 is 14.9. The number of nitrogens with one attached hydrogen (secondary N) is 1. The van der Waals surface area contributed by atoms with Gasteiger partial charge in [-0.05, 0) is 34.1 Å². The first kappa shape index (κ1) is 12.7. The number of rotatable bonds is 4. The lowest BCUT2D eigenvalue weighted by molar-refractivity contribution is 0.516. The Kier molecular flexibility index (Phi) is 4.25. The largest absolute Gasteiger partial charge is 0.408 e. The monoisotopic (exact) mass is 335 g/mol. The van der Waals surface area contributed by atoms with Crippen molar-refractivity contribution in [3.05, 3.63) is 33.6 Å². The summed E-state index contributed by atoms with van der Waals surface area (Å²) in [6.07, 6.45) is 0.549. The Bertz CT molecular complexity index is 518. The second-order valence-electron chi connectivity index (χ2n) is 3.19. The van der Waals surface area contributed by atoms with E-state index in [0.29, 0.717) is 29.2 Å². The van der Waals surface area contributed by atoms with Gasteiger partial charge < -0.3 is 9.73 Å². The summed E-state index contributed by atoms with van der Waals surface area (Å²) < 4.78 is 6.20. The van der Waals surface area contributed by atoms with Crippen LogP contribution in [-0.2, 0) is 6.42 Å². The van der Waals surface area contributed by atoms with E-state index in [4.69, 9.17) is 27.6 Å². The summed E-state index contributed by atoms with van der Waals surface area (Å²) in [5, 5.41) is 11.3. The molecule has 0 amide bonds. The van der Waals surface area contributed by atoms with Crippen LogP contribution in [0, 0.1) is 0 Å². The van der Waals surface area contributed by atoms with Crippen molar-refractivity contribution in [3.63, 3.8) is 0 Å². The number of benzene rings is 1. The van der Waals surface area contributed by atoms with Crippen molar-refractivity contribution in [2.45, 2.75) is 6.42 Å². The molecule has 0 saturated heterocycles. The molecule has 1 aromatic heterocycles. The van der Waals surface area contributed by atoms with Crippen molar-refractivity contribution in [3.8, 4) is 0 Å². The lowest BCUT2D eigenvalue weighted by Gasteiger charge is -2.04. The molecule has 0 fully saturated rings. The minimum atomic E-state index is 0.313. The topological polar surface area (TPSA) is 51.0 Å². The number of hydrogen-bond donors (Lipinski definition) is 1. The summed E-state index contributed by atoms with van der Waals surface area (Å²) in [6, 6.07) is 5.69. The molecule has 0 radical (unpaired) electrons. The Labute approximate surface area is 116 Å². The van der Waals surface area contributed by atoms with Crippen molar-refractivity contribution in [2.24, 2.45) is 0 Å². The summed E-state index contributed by atoms with van der Waals surface area (Å²) in [5.74, 6) is 0.948. The van der Waals surface area contributed by atoms with Gasteiger partial charge in [0.2, 0.25) is 5.89 Å². The van der Waals surface area contributed by atoms with Crippen molar-refractivity contribution < 1.29 is 4.42 Å². The highest BCUT2D eigenvalue weighted by atomic mass is 79.9. The quantitative estimate of drug-likeness (QED) is 0.857. The molecular weight excluding hydrogens is 329 g/mol. The van der Waals surface area contributed by atoms with Crippen LogP contribution in [0.1, 0.15) is 5.89 Å². The summed E-state index contributed by atoms with van der Waals surface area (Å²) in [7, 11) is 0. The predicted octanol–water partition coefficient (Wildman–Crippen LogP) is 4.01. The molecule has 1 heterocycles. The molecule has 90 valence electrons. The Balaban J connectivity index is 2.16. The molecular formula is C10H8BrCl2N3O. The number of aromatic nitrogens is 2. The highest BCUT2D eigenvalue weighted by molar-refractivity contribution is 9.10. The number of alkyl halides is 1. The lowest BCUT2D eigenvalue weighted by atomic mass is 10.3. The minimum Gasteiger partial charge on any atom is -0.408 e. The summed E-state index contributed by atoms with van der Waals surface area (Å²) in [4.78, 5) is 0. The molecule has 0 aliphatic rings. The highest BCUT2D eigenvalue weighted by Gasteiger charge is 2.08. The summed E-state index contributed by atoms with van der Waals surface area (Å²) in [5.41, 5.74) is 0.763. The zero-order chi connectivity index (χ0) is 12.3. The fraction of sp³-hybridized carbons (Fsp3) is 0.200. The standard InChI is InChI=1S/C10H8BrCl2N3O/c11-7-2-1-6(13)5-8(7)14-10-16-15-9(17-10)3-4-12/h1-2,5H,3-4H2,(H,14,16). The maximum Gasteiger partial charge on any atom is 0.320 e. The van der Waals surface area contributed by atoms with E-state index in [1.807, 2.05) is 6.07 Å². The van der Waals surface area contributed by atoms with Crippen LogP contribution in [0.2, 0.25) is 5.02 Å². The molecule has 2 aromatic rings. The van der Waals surface area contributed by atoms with Gasteiger partial charge in [0, 0.05) is 21.8 Å². The first-order chi connectivity index (χ1) is 8.19. The van der Waals surface area contributed by atoms with E-state index in [-0.39, 0.29) is 0 Å². The van der Waals surface area contributed by atoms with Gasteiger partial charge in [0.15, 0.2) is 0 Å². The third-order valence-electron chi connectivity index (χ3n) is 1.95. The minimum absolute atomic E-state index is 0.313. The molecule has 0 aliphatic heterocycles. The van der Waals surface area contributed by atoms with Crippen LogP contribution in [-0.4, -0.2) is 16.1 Å². The first-order valence-corrected chi connectivity index (χ1v) is 6.50. The molecule has 0 bridgehead atoms. The number of halogens is 3. The Morgan fingerprint density at radius 3 is 2.94 bits per heavy atom. The molecule has 17 heavy (non-hydrogen) atoms. The van der Waals surface area contributed by atoms with Gasteiger partial charge in [-0.3, -0.25) is 0 Å². The van der Waals surface area contributed by atoms with Crippen LogP contribution in [0.4, 0.5) is 11.7 Å². The molecule has 0 aliphatic carbocycles. The van der Waals surface area contributed by atoms with E-state index in [9.17, 15) is 0 Å². The third-order valence-corrected chi connectivity index (χ3v) is 3.06. The molecule has 0 atom stereocenters. The van der Waals surface area contributed by atoms with Crippen LogP contribution in [0.25, 0.3) is 0 Å². The van der Waals surface area contributed by atoms with Crippen LogP contribution in [0.15, 0.2) is 27.1 Å². The zero-order valence-corrected chi connectivity index (χ0v) is 11.7. The van der Waals surface area contributed by atoms with E-state index >= 15 is 0 Å². The van der Waals surface area contributed by atoms with Crippen molar-refractivity contribution in [1.29, 1.82) is 0 Å². The van der Waals surface area contributed by atoms with Crippen molar-refractivity contribution in [1.82, 2.24) is 10.2 Å². The highest BCUT2D eigenvalue weighted by Crippen LogP contribution is 2.28. The van der Waals surface area contributed by atoms with Gasteiger partial charge >= 0.3 is 6.01 Å². The Morgan fingerprint density at radius 2 is 2.18 bits per heavy atom. The first-order valence-electron chi connectivity index (χ1n) is 4.79. The number of nitrogens with zero attached hydrogens (tertiary/aromatic N) is 2. The molecule has 0 saturated carbocycles. The maximum atomic E-state index is 5.89. The number of hydrogen-bond acceptors (Lipinski definition) is 4. The van der Waals surface area contributed by atoms with Gasteiger partial charge in [-0.15, -0.1) is 16.7 Å². The molecule has 4 nitrogen and oxygen atoms in total.